The molecule has 1 atom stereocenters. The first-order chi connectivity index (χ1) is 7.65. The molecule has 4 heteroatoms. The van der Waals surface area contributed by atoms with Gasteiger partial charge in [-0.2, -0.15) is 0 Å². The summed E-state index contributed by atoms with van der Waals surface area (Å²) in [6.07, 6.45) is -0.788. The number of thioether (sulfide) groups is 1. The van der Waals surface area contributed by atoms with Gasteiger partial charge in [0.15, 0.2) is 6.10 Å². The molecule has 16 heavy (non-hydrogen) atoms. The zero-order chi connectivity index (χ0) is 12.0. The average molecular weight is 238 g/mol. The van der Waals surface area contributed by atoms with Crippen molar-refractivity contribution in [2.45, 2.75) is 20.0 Å². The van der Waals surface area contributed by atoms with Gasteiger partial charge >= 0.3 is 5.97 Å². The summed E-state index contributed by atoms with van der Waals surface area (Å²) in [5.41, 5.74) is 0.712. The molecule has 0 saturated carbocycles. The summed E-state index contributed by atoms with van der Waals surface area (Å²) in [4.78, 5) is 22.7. The molecule has 0 aliphatic carbocycles. The normalized spacial score (nSPS) is 11.9. The van der Waals surface area contributed by atoms with Gasteiger partial charge in [0, 0.05) is 12.5 Å². The molecular formula is C12H14O3S. The van der Waals surface area contributed by atoms with E-state index in [4.69, 9.17) is 4.74 Å². The van der Waals surface area contributed by atoms with Crippen molar-refractivity contribution in [1.82, 2.24) is 0 Å². The van der Waals surface area contributed by atoms with E-state index in [0.717, 1.165) is 11.8 Å². The number of benzene rings is 1. The number of hydrogen-bond donors (Lipinski definition) is 0. The van der Waals surface area contributed by atoms with Crippen LogP contribution in [0.25, 0.3) is 0 Å². The minimum absolute atomic E-state index is 0.135. The summed E-state index contributed by atoms with van der Waals surface area (Å²) in [6, 6.07) is 9.04. The Balaban J connectivity index is 2.87. The molecule has 0 spiro atoms. The maximum atomic E-state index is 11.8. The van der Waals surface area contributed by atoms with Crippen molar-refractivity contribution in [1.29, 1.82) is 0 Å². The summed E-state index contributed by atoms with van der Waals surface area (Å²) < 4.78 is 5.04. The van der Waals surface area contributed by atoms with E-state index in [1.807, 2.05) is 25.1 Å². The van der Waals surface area contributed by atoms with Crippen LogP contribution in [-0.2, 0) is 14.3 Å². The third kappa shape index (κ3) is 3.70. The molecule has 0 aromatic heterocycles. The highest BCUT2D eigenvalue weighted by Gasteiger charge is 2.23. The third-order valence-corrected chi connectivity index (χ3v) is 2.67. The Morgan fingerprint density at radius 2 is 1.94 bits per heavy atom. The zero-order valence-corrected chi connectivity index (χ0v) is 10.1. The van der Waals surface area contributed by atoms with E-state index >= 15 is 0 Å². The van der Waals surface area contributed by atoms with E-state index < -0.39 is 12.1 Å². The van der Waals surface area contributed by atoms with Crippen molar-refractivity contribution >= 4 is 22.8 Å². The Hall–Kier alpha value is -1.29. The highest BCUT2D eigenvalue weighted by atomic mass is 32.2. The second-order valence-corrected chi connectivity index (χ2v) is 4.42. The molecule has 1 unspecified atom stereocenters. The summed E-state index contributed by atoms with van der Waals surface area (Å²) >= 11 is 1.16. The molecule has 0 N–H and O–H groups in total. The van der Waals surface area contributed by atoms with Crippen LogP contribution in [0.4, 0.5) is 0 Å². The second-order valence-electron chi connectivity index (χ2n) is 3.15. The zero-order valence-electron chi connectivity index (χ0n) is 9.30. The van der Waals surface area contributed by atoms with Gasteiger partial charge in [0.25, 0.3) is 0 Å². The molecule has 3 nitrogen and oxygen atoms in total. The van der Waals surface area contributed by atoms with Crippen LogP contribution in [0, 0.1) is 0 Å². The van der Waals surface area contributed by atoms with Crippen LogP contribution in [0.5, 0.6) is 0 Å². The maximum Gasteiger partial charge on any atom is 0.303 e. The molecule has 0 fully saturated rings. The van der Waals surface area contributed by atoms with Gasteiger partial charge in [0.1, 0.15) is 0 Å². The van der Waals surface area contributed by atoms with Crippen molar-refractivity contribution in [3.05, 3.63) is 35.9 Å². The highest BCUT2D eigenvalue weighted by molar-refractivity contribution is 8.13. The van der Waals surface area contributed by atoms with Gasteiger partial charge in [-0.3, -0.25) is 9.59 Å². The van der Waals surface area contributed by atoms with Crippen LogP contribution in [0.2, 0.25) is 0 Å². The van der Waals surface area contributed by atoms with E-state index in [1.165, 1.54) is 6.92 Å². The summed E-state index contributed by atoms with van der Waals surface area (Å²) in [5, 5.41) is -0.135. The van der Waals surface area contributed by atoms with Crippen LogP contribution in [0.15, 0.2) is 30.3 Å². The molecule has 1 aromatic rings. The lowest BCUT2D eigenvalue weighted by atomic mass is 10.1. The summed E-state index contributed by atoms with van der Waals surface area (Å²) in [6.45, 7) is 3.19. The van der Waals surface area contributed by atoms with E-state index in [-0.39, 0.29) is 5.12 Å². The minimum Gasteiger partial charge on any atom is -0.449 e. The van der Waals surface area contributed by atoms with Crippen molar-refractivity contribution < 1.29 is 14.3 Å². The molecule has 0 bridgehead atoms. The van der Waals surface area contributed by atoms with Crippen LogP contribution in [0.3, 0.4) is 0 Å². The Labute approximate surface area is 99.2 Å². The van der Waals surface area contributed by atoms with Crippen molar-refractivity contribution in [2.75, 3.05) is 5.75 Å². The van der Waals surface area contributed by atoms with E-state index in [9.17, 15) is 9.59 Å². The highest BCUT2D eigenvalue weighted by Crippen LogP contribution is 2.23. The van der Waals surface area contributed by atoms with Gasteiger partial charge < -0.3 is 4.74 Å². The van der Waals surface area contributed by atoms with Gasteiger partial charge in [0.2, 0.25) is 5.12 Å². The Morgan fingerprint density at radius 3 is 2.44 bits per heavy atom. The Bertz CT molecular complexity index is 362. The standard InChI is InChI=1S/C12H14O3S/c1-3-16-12(14)11(15-9(2)13)10-7-5-4-6-8-10/h4-8,11H,3H2,1-2H3. The van der Waals surface area contributed by atoms with Crippen LogP contribution < -0.4 is 0 Å². The fourth-order valence-corrected chi connectivity index (χ4v) is 1.88. The fraction of sp³-hybridized carbons (Fsp3) is 0.333. The molecule has 0 saturated heterocycles. The number of carbonyl (C=O) groups excluding carboxylic acids is 2. The van der Waals surface area contributed by atoms with Gasteiger partial charge in [-0.25, -0.2) is 0 Å². The molecule has 0 amide bonds. The number of hydrogen-bond acceptors (Lipinski definition) is 4. The first-order valence-corrected chi connectivity index (χ1v) is 6.02. The lowest BCUT2D eigenvalue weighted by Crippen LogP contribution is -2.16. The van der Waals surface area contributed by atoms with Crippen molar-refractivity contribution in [3.63, 3.8) is 0 Å². The van der Waals surface area contributed by atoms with Gasteiger partial charge in [0.05, 0.1) is 0 Å². The largest absolute Gasteiger partial charge is 0.449 e. The number of carbonyl (C=O) groups is 2. The predicted molar refractivity (Wildman–Crippen MR) is 64.1 cm³/mol. The molecule has 0 heterocycles. The van der Waals surface area contributed by atoms with Gasteiger partial charge in [-0.05, 0) is 5.75 Å². The van der Waals surface area contributed by atoms with Crippen LogP contribution >= 0.6 is 11.8 Å². The Morgan fingerprint density at radius 1 is 1.31 bits per heavy atom. The van der Waals surface area contributed by atoms with E-state index in [1.54, 1.807) is 12.1 Å². The predicted octanol–water partition coefficient (Wildman–Crippen LogP) is 2.57. The van der Waals surface area contributed by atoms with Crippen molar-refractivity contribution in [3.8, 4) is 0 Å². The molecule has 1 rings (SSSR count). The molecule has 0 radical (unpaired) electrons. The Kier molecular flexibility index (Phi) is 5.05. The SMILES string of the molecule is CCSC(=O)C(OC(C)=O)c1ccccc1. The van der Waals surface area contributed by atoms with Crippen molar-refractivity contribution in [2.24, 2.45) is 0 Å². The number of rotatable bonds is 4. The quantitative estimate of drug-likeness (QED) is 0.756. The molecule has 0 aliphatic rings. The smallest absolute Gasteiger partial charge is 0.303 e. The fourth-order valence-electron chi connectivity index (χ4n) is 1.26. The lowest BCUT2D eigenvalue weighted by Gasteiger charge is -2.15. The minimum atomic E-state index is -0.788. The average Bonchev–Trinajstić information content (AvgIpc) is 2.27. The molecule has 86 valence electrons. The second kappa shape index (κ2) is 6.33. The van der Waals surface area contributed by atoms with Gasteiger partial charge in [-0.1, -0.05) is 49.0 Å². The summed E-state index contributed by atoms with van der Waals surface area (Å²) in [7, 11) is 0. The monoisotopic (exact) mass is 238 g/mol. The molecule has 0 aliphatic heterocycles. The van der Waals surface area contributed by atoms with Crippen LogP contribution in [0.1, 0.15) is 25.5 Å². The van der Waals surface area contributed by atoms with E-state index in [0.29, 0.717) is 11.3 Å². The third-order valence-electron chi connectivity index (χ3n) is 1.89. The first-order valence-electron chi connectivity index (χ1n) is 5.04. The van der Waals surface area contributed by atoms with Crippen LogP contribution in [-0.4, -0.2) is 16.8 Å². The topological polar surface area (TPSA) is 43.4 Å². The number of ether oxygens (including phenoxy) is 1. The molecule has 1 aromatic carbocycles. The first kappa shape index (κ1) is 12.8. The van der Waals surface area contributed by atoms with Gasteiger partial charge in [-0.15, -0.1) is 0 Å². The molecular weight excluding hydrogens is 224 g/mol. The summed E-state index contributed by atoms with van der Waals surface area (Å²) in [5.74, 6) is 0.225. The lowest BCUT2D eigenvalue weighted by molar-refractivity contribution is -0.150. The maximum absolute atomic E-state index is 11.8. The van der Waals surface area contributed by atoms with E-state index in [2.05, 4.69) is 0 Å². The number of esters is 1.